The van der Waals surface area contributed by atoms with Crippen molar-refractivity contribution >= 4 is 11.6 Å². The van der Waals surface area contributed by atoms with Crippen LogP contribution in [0.2, 0.25) is 5.02 Å². The van der Waals surface area contributed by atoms with Gasteiger partial charge in [-0.2, -0.15) is 0 Å². The number of hydrogen-bond acceptors (Lipinski definition) is 2. The molecule has 1 aliphatic heterocycles. The van der Waals surface area contributed by atoms with E-state index in [0.717, 1.165) is 49.0 Å². The maximum Gasteiger partial charge on any atom is 0.0802 e. The third kappa shape index (κ3) is 5.72. The molecule has 0 radical (unpaired) electrons. The smallest absolute Gasteiger partial charge is 0.0802 e. The molecule has 3 aromatic rings. The van der Waals surface area contributed by atoms with Crippen molar-refractivity contribution in [3.05, 3.63) is 95.0 Å². The van der Waals surface area contributed by atoms with E-state index in [4.69, 9.17) is 11.6 Å². The molecule has 0 bridgehead atoms. The fraction of sp³-hybridized carbons (Fsp3) is 0.333. The van der Waals surface area contributed by atoms with Crippen molar-refractivity contribution in [3.63, 3.8) is 0 Å². The standard InChI is InChI=1S/C27H30ClNO/c28-26-12-6-21(7-13-26)20-22-14-17-29(18-15-22)19-16-27(30)25-10-8-24(9-11-25)23-4-2-1-3-5-23/h1-13,22,27,30H,14-20H2. The second kappa shape index (κ2) is 10.3. The highest BCUT2D eigenvalue weighted by molar-refractivity contribution is 6.30. The van der Waals surface area contributed by atoms with Crippen molar-refractivity contribution in [2.24, 2.45) is 5.92 Å². The fourth-order valence-corrected chi connectivity index (χ4v) is 4.49. The summed E-state index contributed by atoms with van der Waals surface area (Å²) < 4.78 is 0. The molecule has 1 saturated heterocycles. The van der Waals surface area contributed by atoms with Gasteiger partial charge in [-0.1, -0.05) is 78.3 Å². The van der Waals surface area contributed by atoms with E-state index in [0.29, 0.717) is 0 Å². The zero-order valence-electron chi connectivity index (χ0n) is 17.4. The van der Waals surface area contributed by atoms with E-state index < -0.39 is 6.10 Å². The zero-order chi connectivity index (χ0) is 20.8. The monoisotopic (exact) mass is 419 g/mol. The van der Waals surface area contributed by atoms with Gasteiger partial charge < -0.3 is 10.0 Å². The number of nitrogens with zero attached hydrogens (tertiary/aromatic N) is 1. The van der Waals surface area contributed by atoms with Gasteiger partial charge in [-0.25, -0.2) is 0 Å². The van der Waals surface area contributed by atoms with Crippen LogP contribution in [0, 0.1) is 5.92 Å². The molecule has 1 fully saturated rings. The molecule has 0 aliphatic carbocycles. The number of aliphatic hydroxyl groups excluding tert-OH is 1. The van der Waals surface area contributed by atoms with E-state index in [9.17, 15) is 5.11 Å². The molecule has 1 aliphatic rings. The van der Waals surface area contributed by atoms with Crippen LogP contribution in [0.5, 0.6) is 0 Å². The summed E-state index contributed by atoms with van der Waals surface area (Å²) in [7, 11) is 0. The van der Waals surface area contributed by atoms with Crippen molar-refractivity contribution in [2.45, 2.75) is 31.8 Å². The Bertz CT molecular complexity index is 900. The van der Waals surface area contributed by atoms with Gasteiger partial charge in [0.25, 0.3) is 0 Å². The highest BCUT2D eigenvalue weighted by atomic mass is 35.5. The van der Waals surface area contributed by atoms with Crippen LogP contribution < -0.4 is 0 Å². The summed E-state index contributed by atoms with van der Waals surface area (Å²) in [5.74, 6) is 0.748. The average molecular weight is 420 g/mol. The predicted molar refractivity (Wildman–Crippen MR) is 126 cm³/mol. The van der Waals surface area contributed by atoms with Crippen LogP contribution in [0.3, 0.4) is 0 Å². The fourth-order valence-electron chi connectivity index (χ4n) is 4.37. The Morgan fingerprint density at radius 2 is 1.47 bits per heavy atom. The van der Waals surface area contributed by atoms with Crippen LogP contribution >= 0.6 is 11.6 Å². The number of likely N-dealkylation sites (tertiary alicyclic amines) is 1. The van der Waals surface area contributed by atoms with E-state index in [-0.39, 0.29) is 0 Å². The third-order valence-corrected chi connectivity index (χ3v) is 6.52. The zero-order valence-corrected chi connectivity index (χ0v) is 18.1. The summed E-state index contributed by atoms with van der Waals surface area (Å²) in [6.07, 6.45) is 3.98. The van der Waals surface area contributed by atoms with Crippen molar-refractivity contribution in [1.82, 2.24) is 4.90 Å². The number of rotatable bonds is 7. The van der Waals surface area contributed by atoms with Crippen molar-refractivity contribution < 1.29 is 5.11 Å². The summed E-state index contributed by atoms with van der Waals surface area (Å²) in [6.45, 7) is 3.20. The molecule has 3 heteroatoms. The maximum absolute atomic E-state index is 10.6. The van der Waals surface area contributed by atoms with Crippen LogP contribution in [-0.2, 0) is 6.42 Å². The molecule has 2 nitrogen and oxygen atoms in total. The number of piperidine rings is 1. The number of halogens is 1. The Morgan fingerprint density at radius 3 is 2.13 bits per heavy atom. The van der Waals surface area contributed by atoms with Crippen molar-refractivity contribution in [2.75, 3.05) is 19.6 Å². The molecule has 0 saturated carbocycles. The van der Waals surface area contributed by atoms with E-state index in [2.05, 4.69) is 65.6 Å². The van der Waals surface area contributed by atoms with E-state index >= 15 is 0 Å². The minimum Gasteiger partial charge on any atom is -0.388 e. The van der Waals surface area contributed by atoms with Gasteiger partial charge in [0.15, 0.2) is 0 Å². The van der Waals surface area contributed by atoms with E-state index in [1.165, 1.54) is 29.5 Å². The maximum atomic E-state index is 10.6. The first kappa shape index (κ1) is 21.1. The molecule has 0 amide bonds. The number of benzene rings is 3. The summed E-state index contributed by atoms with van der Waals surface area (Å²) in [6, 6.07) is 27.0. The van der Waals surface area contributed by atoms with E-state index in [1.807, 2.05) is 18.2 Å². The first-order chi connectivity index (χ1) is 14.7. The Kier molecular flexibility index (Phi) is 7.22. The minimum absolute atomic E-state index is 0.401. The summed E-state index contributed by atoms with van der Waals surface area (Å²) in [4.78, 5) is 2.50. The minimum atomic E-state index is -0.401. The number of hydrogen-bond donors (Lipinski definition) is 1. The molecule has 0 spiro atoms. The molecular weight excluding hydrogens is 390 g/mol. The van der Waals surface area contributed by atoms with Gasteiger partial charge in [-0.3, -0.25) is 0 Å². The van der Waals surface area contributed by atoms with Gasteiger partial charge in [0.1, 0.15) is 0 Å². The molecule has 1 N–H and O–H groups in total. The van der Waals surface area contributed by atoms with E-state index in [1.54, 1.807) is 0 Å². The van der Waals surface area contributed by atoms with Crippen molar-refractivity contribution in [1.29, 1.82) is 0 Å². The van der Waals surface area contributed by atoms with Crippen LogP contribution in [0.15, 0.2) is 78.9 Å². The second-order valence-corrected chi connectivity index (χ2v) is 8.84. The van der Waals surface area contributed by atoms with Gasteiger partial charge >= 0.3 is 0 Å². The Balaban J connectivity index is 1.22. The molecule has 4 rings (SSSR count). The lowest BCUT2D eigenvalue weighted by atomic mass is 9.90. The highest BCUT2D eigenvalue weighted by Crippen LogP contribution is 2.26. The topological polar surface area (TPSA) is 23.5 Å². The molecule has 30 heavy (non-hydrogen) atoms. The van der Waals surface area contributed by atoms with Crippen LogP contribution in [0.1, 0.15) is 36.5 Å². The molecule has 3 aromatic carbocycles. The molecular formula is C27H30ClNO. The second-order valence-electron chi connectivity index (χ2n) is 8.41. The van der Waals surface area contributed by atoms with Crippen LogP contribution in [0.25, 0.3) is 11.1 Å². The molecule has 1 heterocycles. The summed E-state index contributed by atoms with van der Waals surface area (Å²) in [5, 5.41) is 11.5. The van der Waals surface area contributed by atoms with Gasteiger partial charge in [-0.15, -0.1) is 0 Å². The molecule has 1 atom stereocenters. The predicted octanol–water partition coefficient (Wildman–Crippen LogP) is 6.39. The van der Waals surface area contributed by atoms with Gasteiger partial charge in [0.05, 0.1) is 6.10 Å². The summed E-state index contributed by atoms with van der Waals surface area (Å²) >= 11 is 5.99. The Morgan fingerprint density at radius 1 is 0.833 bits per heavy atom. The van der Waals surface area contributed by atoms with Gasteiger partial charge in [0, 0.05) is 11.6 Å². The lowest BCUT2D eigenvalue weighted by molar-refractivity contribution is 0.123. The Labute approximate surface area is 185 Å². The Hall–Kier alpha value is -2.13. The van der Waals surface area contributed by atoms with Crippen molar-refractivity contribution in [3.8, 4) is 11.1 Å². The molecule has 156 valence electrons. The van der Waals surface area contributed by atoms with Gasteiger partial charge in [-0.05, 0) is 79.1 Å². The third-order valence-electron chi connectivity index (χ3n) is 6.27. The SMILES string of the molecule is OC(CCN1CCC(Cc2ccc(Cl)cc2)CC1)c1ccc(-c2ccccc2)cc1. The van der Waals surface area contributed by atoms with Crippen LogP contribution in [-0.4, -0.2) is 29.6 Å². The molecule has 0 aromatic heterocycles. The normalized spacial score (nSPS) is 16.5. The van der Waals surface area contributed by atoms with Crippen LogP contribution in [0.4, 0.5) is 0 Å². The number of aliphatic hydroxyl groups is 1. The van der Waals surface area contributed by atoms with Gasteiger partial charge in [0.2, 0.25) is 0 Å². The lowest BCUT2D eigenvalue weighted by Crippen LogP contribution is -2.35. The average Bonchev–Trinajstić information content (AvgIpc) is 2.80. The molecule has 1 unspecified atom stereocenters. The first-order valence-corrected chi connectivity index (χ1v) is 11.4. The first-order valence-electron chi connectivity index (χ1n) is 11.0. The summed E-state index contributed by atoms with van der Waals surface area (Å²) in [5.41, 5.74) is 4.79. The quantitative estimate of drug-likeness (QED) is 0.479. The largest absolute Gasteiger partial charge is 0.388 e. The highest BCUT2D eigenvalue weighted by Gasteiger charge is 2.20. The lowest BCUT2D eigenvalue weighted by Gasteiger charge is -2.32.